The molecular formula is C27H33FN6O3. The lowest BCUT2D eigenvalue weighted by atomic mass is 10.1. The Morgan fingerprint density at radius 1 is 1.22 bits per heavy atom. The number of morpholine rings is 1. The van der Waals surface area contributed by atoms with Gasteiger partial charge in [-0.2, -0.15) is 0 Å². The normalized spacial score (nSPS) is 19.4. The first-order valence-corrected chi connectivity index (χ1v) is 12.8. The number of methoxy groups -OCH3 is 1. The van der Waals surface area contributed by atoms with Crippen molar-refractivity contribution in [2.75, 3.05) is 26.9 Å². The third kappa shape index (κ3) is 5.65. The molecule has 5 rings (SSSR count). The summed E-state index contributed by atoms with van der Waals surface area (Å²) in [6.07, 6.45) is 5.21. The van der Waals surface area contributed by atoms with E-state index in [1.54, 1.807) is 12.1 Å². The second kappa shape index (κ2) is 10.9. The molecule has 9 nitrogen and oxygen atoms in total. The van der Waals surface area contributed by atoms with Crippen LogP contribution in [0.1, 0.15) is 32.3 Å². The van der Waals surface area contributed by atoms with Crippen molar-refractivity contribution >= 4 is 5.91 Å². The summed E-state index contributed by atoms with van der Waals surface area (Å²) in [6.45, 7) is 6.42. The molecule has 1 aromatic carbocycles. The first-order valence-electron chi connectivity index (χ1n) is 12.8. The number of rotatable bonds is 9. The summed E-state index contributed by atoms with van der Waals surface area (Å²) in [5.41, 5.74) is 2.34. The Balaban J connectivity index is 1.36. The van der Waals surface area contributed by atoms with Crippen LogP contribution in [0, 0.1) is 5.82 Å². The molecule has 2 saturated heterocycles. The van der Waals surface area contributed by atoms with Crippen molar-refractivity contribution in [2.45, 2.75) is 57.8 Å². The van der Waals surface area contributed by atoms with Gasteiger partial charge in [-0.3, -0.25) is 14.7 Å². The highest BCUT2D eigenvalue weighted by Gasteiger charge is 2.36. The van der Waals surface area contributed by atoms with E-state index in [1.807, 2.05) is 26.1 Å². The zero-order valence-corrected chi connectivity index (χ0v) is 21.5. The van der Waals surface area contributed by atoms with Crippen LogP contribution in [0.3, 0.4) is 0 Å². The van der Waals surface area contributed by atoms with Crippen LogP contribution in [-0.2, 0) is 22.5 Å². The van der Waals surface area contributed by atoms with Crippen molar-refractivity contribution in [3.8, 4) is 28.7 Å². The number of aromatic nitrogens is 4. The molecule has 2 aromatic heterocycles. The van der Waals surface area contributed by atoms with Gasteiger partial charge >= 0.3 is 0 Å². The third-order valence-electron chi connectivity index (χ3n) is 6.93. The number of nitrogens with zero attached hydrogens (tertiary/aromatic N) is 5. The van der Waals surface area contributed by atoms with Crippen molar-refractivity contribution in [2.24, 2.45) is 0 Å². The van der Waals surface area contributed by atoms with E-state index in [-0.39, 0.29) is 24.2 Å². The number of halogens is 1. The van der Waals surface area contributed by atoms with Gasteiger partial charge in [0.25, 0.3) is 0 Å². The number of hydrogen-bond acceptors (Lipinski definition) is 7. The van der Waals surface area contributed by atoms with E-state index in [1.165, 1.54) is 30.7 Å². The lowest BCUT2D eigenvalue weighted by molar-refractivity contribution is -0.122. The Morgan fingerprint density at radius 2 is 2.00 bits per heavy atom. The maximum absolute atomic E-state index is 14.0. The van der Waals surface area contributed by atoms with Gasteiger partial charge in [-0.1, -0.05) is 6.07 Å². The number of carbonyl (C=O) groups excluding carboxylic acids is 1. The second-order valence-electron chi connectivity index (χ2n) is 9.95. The zero-order valence-electron chi connectivity index (χ0n) is 21.5. The summed E-state index contributed by atoms with van der Waals surface area (Å²) >= 11 is 0. The molecule has 0 saturated carbocycles. The van der Waals surface area contributed by atoms with E-state index < -0.39 is 5.82 Å². The van der Waals surface area contributed by atoms with Crippen LogP contribution in [0.15, 0.2) is 36.5 Å². The Morgan fingerprint density at radius 3 is 2.68 bits per heavy atom. The Hall–Kier alpha value is -3.37. The minimum Gasteiger partial charge on any atom is -0.494 e. The highest BCUT2D eigenvalue weighted by Crippen LogP contribution is 2.29. The second-order valence-corrected chi connectivity index (χ2v) is 9.95. The number of nitrogens with one attached hydrogen (secondary N) is 1. The highest BCUT2D eigenvalue weighted by atomic mass is 19.1. The van der Waals surface area contributed by atoms with Crippen LogP contribution in [-0.4, -0.2) is 75.5 Å². The molecule has 2 aliphatic heterocycles. The van der Waals surface area contributed by atoms with E-state index in [4.69, 9.17) is 9.47 Å². The minimum absolute atomic E-state index is 0.00766. The molecule has 1 amide bonds. The SMILES string of the molecule is COc1cc(-c2nc(-c3ccc(CCN4C5CCC4COC5)cn3)nn2CC(=O)NC(C)C)ccc1F. The van der Waals surface area contributed by atoms with E-state index in [2.05, 4.69) is 31.3 Å². The van der Waals surface area contributed by atoms with Gasteiger partial charge in [0.1, 0.15) is 12.2 Å². The molecule has 2 bridgehead atoms. The van der Waals surface area contributed by atoms with Crippen LogP contribution in [0.2, 0.25) is 0 Å². The molecule has 2 aliphatic rings. The van der Waals surface area contributed by atoms with Crippen molar-refractivity contribution in [1.82, 2.24) is 30.0 Å². The first-order chi connectivity index (χ1) is 17.9. The van der Waals surface area contributed by atoms with Gasteiger partial charge in [0, 0.05) is 36.4 Å². The fourth-order valence-corrected chi connectivity index (χ4v) is 5.12. The monoisotopic (exact) mass is 508 g/mol. The fourth-order valence-electron chi connectivity index (χ4n) is 5.12. The average molecular weight is 509 g/mol. The van der Waals surface area contributed by atoms with Gasteiger partial charge in [0.05, 0.1) is 20.3 Å². The maximum Gasteiger partial charge on any atom is 0.242 e. The van der Waals surface area contributed by atoms with E-state index in [0.29, 0.717) is 35.0 Å². The predicted octanol–water partition coefficient (Wildman–Crippen LogP) is 3.09. The zero-order chi connectivity index (χ0) is 25.9. The number of benzene rings is 1. The smallest absolute Gasteiger partial charge is 0.242 e. The number of amides is 1. The fraction of sp³-hybridized carbons (Fsp3) is 0.481. The minimum atomic E-state index is -0.475. The van der Waals surface area contributed by atoms with E-state index in [9.17, 15) is 9.18 Å². The number of carbonyl (C=O) groups is 1. The predicted molar refractivity (Wildman–Crippen MR) is 137 cm³/mol. The lowest BCUT2D eigenvalue weighted by Gasteiger charge is -2.34. The molecule has 2 fully saturated rings. The van der Waals surface area contributed by atoms with Crippen LogP contribution in [0.4, 0.5) is 4.39 Å². The van der Waals surface area contributed by atoms with Crippen LogP contribution in [0.25, 0.3) is 22.9 Å². The van der Waals surface area contributed by atoms with Crippen molar-refractivity contribution in [1.29, 1.82) is 0 Å². The van der Waals surface area contributed by atoms with E-state index in [0.717, 1.165) is 31.7 Å². The van der Waals surface area contributed by atoms with Gasteiger partial charge < -0.3 is 14.8 Å². The topological polar surface area (TPSA) is 94.4 Å². The molecule has 3 aromatic rings. The summed E-state index contributed by atoms with van der Waals surface area (Å²) in [6, 6.07) is 9.49. The van der Waals surface area contributed by atoms with Crippen molar-refractivity contribution < 1.29 is 18.7 Å². The first kappa shape index (κ1) is 25.3. The van der Waals surface area contributed by atoms with Gasteiger partial charge in [-0.05, 0) is 62.9 Å². The number of fused-ring (bicyclic) bond motifs is 2. The van der Waals surface area contributed by atoms with Crippen LogP contribution in [0.5, 0.6) is 5.75 Å². The molecule has 37 heavy (non-hydrogen) atoms. The average Bonchev–Trinajstić information content (AvgIpc) is 3.38. The number of pyridine rings is 1. The molecule has 2 unspecified atom stereocenters. The Kier molecular flexibility index (Phi) is 7.48. The summed E-state index contributed by atoms with van der Waals surface area (Å²) in [7, 11) is 1.41. The van der Waals surface area contributed by atoms with Crippen molar-refractivity contribution in [3.05, 3.63) is 47.9 Å². The summed E-state index contributed by atoms with van der Waals surface area (Å²) < 4.78 is 26.4. The Bertz CT molecular complexity index is 1230. The summed E-state index contributed by atoms with van der Waals surface area (Å²) in [5.74, 6) is 0.255. The lowest BCUT2D eigenvalue weighted by Crippen LogP contribution is -2.46. The van der Waals surface area contributed by atoms with Gasteiger partial charge in [0.15, 0.2) is 23.2 Å². The molecule has 10 heteroatoms. The highest BCUT2D eigenvalue weighted by molar-refractivity contribution is 5.77. The molecule has 0 spiro atoms. The van der Waals surface area contributed by atoms with Gasteiger partial charge in [0.2, 0.25) is 5.91 Å². The van der Waals surface area contributed by atoms with Crippen LogP contribution >= 0.6 is 0 Å². The molecule has 0 aliphatic carbocycles. The van der Waals surface area contributed by atoms with E-state index >= 15 is 0 Å². The molecule has 4 heterocycles. The molecule has 0 radical (unpaired) electrons. The van der Waals surface area contributed by atoms with Gasteiger partial charge in [-0.15, -0.1) is 5.10 Å². The molecule has 1 N–H and O–H groups in total. The summed E-state index contributed by atoms with van der Waals surface area (Å²) in [4.78, 5) is 24.4. The molecule has 196 valence electrons. The Labute approximate surface area is 216 Å². The van der Waals surface area contributed by atoms with Crippen LogP contribution < -0.4 is 10.1 Å². The molecule has 2 atom stereocenters. The maximum atomic E-state index is 14.0. The number of hydrogen-bond donors (Lipinski definition) is 1. The standard InChI is InChI=1S/C27H33FN6O3/c1-17(2)30-25(35)14-34-27(19-5-8-22(28)24(12-19)36-3)31-26(32-34)23-9-4-18(13-29-23)10-11-33-20-6-7-21(33)16-37-15-20/h4-5,8-9,12-13,17,20-21H,6-7,10-11,14-16H2,1-3H3,(H,30,35). The van der Waals surface area contributed by atoms with Crippen molar-refractivity contribution in [3.63, 3.8) is 0 Å². The summed E-state index contributed by atoms with van der Waals surface area (Å²) in [5, 5.41) is 7.45. The van der Waals surface area contributed by atoms with Gasteiger partial charge in [-0.25, -0.2) is 14.1 Å². The third-order valence-corrected chi connectivity index (χ3v) is 6.93. The quantitative estimate of drug-likeness (QED) is 0.475. The molecular weight excluding hydrogens is 475 g/mol. The largest absolute Gasteiger partial charge is 0.494 e. The number of ether oxygens (including phenoxy) is 2.